The monoisotopic (exact) mass is 302 g/mol. The van der Waals surface area contributed by atoms with Crippen molar-refractivity contribution >= 4 is 5.83 Å². The molecule has 114 valence electrons. The highest BCUT2D eigenvalue weighted by atomic mass is 19.1. The highest BCUT2D eigenvalue weighted by Crippen LogP contribution is 2.35. The Labute approximate surface area is 126 Å². The van der Waals surface area contributed by atoms with E-state index in [9.17, 15) is 4.39 Å². The number of allylic oxidation sites excluding steroid dienone is 1. The lowest BCUT2D eigenvalue weighted by Gasteiger charge is -2.18. The molecule has 1 aromatic heterocycles. The summed E-state index contributed by atoms with van der Waals surface area (Å²) in [4.78, 5) is 4.17. The lowest BCUT2D eigenvalue weighted by molar-refractivity contribution is 0.171. The number of aromatic nitrogens is 2. The van der Waals surface area contributed by atoms with Crippen LogP contribution >= 0.6 is 0 Å². The van der Waals surface area contributed by atoms with E-state index in [-0.39, 0.29) is 11.7 Å². The van der Waals surface area contributed by atoms with E-state index in [1.54, 1.807) is 12.1 Å². The Hall–Kier alpha value is -2.37. The number of rotatable bonds is 2. The average molecular weight is 302 g/mol. The van der Waals surface area contributed by atoms with Crippen molar-refractivity contribution in [3.63, 3.8) is 0 Å². The third kappa shape index (κ3) is 2.34. The molecule has 1 aromatic carbocycles. The first-order valence-electron chi connectivity index (χ1n) is 7.43. The van der Waals surface area contributed by atoms with Gasteiger partial charge in [-0.2, -0.15) is 4.98 Å². The summed E-state index contributed by atoms with van der Waals surface area (Å²) in [6, 6.07) is 5.39. The van der Waals surface area contributed by atoms with Gasteiger partial charge in [0, 0.05) is 5.56 Å². The van der Waals surface area contributed by atoms with Gasteiger partial charge in [-0.1, -0.05) is 5.16 Å². The topological polar surface area (TPSA) is 57.4 Å². The lowest BCUT2D eigenvalue weighted by Crippen LogP contribution is -2.15. The third-order valence-corrected chi connectivity index (χ3v) is 3.93. The van der Waals surface area contributed by atoms with Crippen molar-refractivity contribution in [3.8, 4) is 22.9 Å². The van der Waals surface area contributed by atoms with E-state index >= 15 is 0 Å². The van der Waals surface area contributed by atoms with E-state index in [4.69, 9.17) is 14.0 Å². The molecule has 2 aliphatic rings. The summed E-state index contributed by atoms with van der Waals surface area (Å²) in [6.07, 6.45) is 3.58. The van der Waals surface area contributed by atoms with Crippen LogP contribution in [-0.4, -0.2) is 23.4 Å². The standard InChI is InChI=1S/C16H15FN2O3/c17-14(10-3-1-2-4-10)16-18-15(19-22-16)11-5-6-12-13(9-11)21-8-7-20-12/h5-6,9H,1-4,7-8H2. The maximum absolute atomic E-state index is 14.3. The van der Waals surface area contributed by atoms with Gasteiger partial charge in [0.2, 0.25) is 5.82 Å². The molecule has 1 aliphatic carbocycles. The van der Waals surface area contributed by atoms with Crippen LogP contribution < -0.4 is 9.47 Å². The van der Waals surface area contributed by atoms with Crippen LogP contribution in [0.1, 0.15) is 31.6 Å². The predicted octanol–water partition coefficient (Wildman–Crippen LogP) is 3.76. The second kappa shape index (κ2) is 5.44. The molecule has 0 bridgehead atoms. The fourth-order valence-electron chi connectivity index (χ4n) is 2.78. The molecule has 2 heterocycles. The highest BCUT2D eigenvalue weighted by Gasteiger charge is 2.20. The zero-order valence-corrected chi connectivity index (χ0v) is 12.0. The molecule has 0 spiro atoms. The molecule has 0 atom stereocenters. The first kappa shape index (κ1) is 13.3. The van der Waals surface area contributed by atoms with Crippen LogP contribution in [0, 0.1) is 0 Å². The van der Waals surface area contributed by atoms with Gasteiger partial charge in [0.1, 0.15) is 13.2 Å². The molecular formula is C16H15FN2O3. The minimum Gasteiger partial charge on any atom is -0.486 e. The first-order chi connectivity index (χ1) is 10.8. The molecule has 1 fully saturated rings. The van der Waals surface area contributed by atoms with Crippen molar-refractivity contribution in [3.05, 3.63) is 29.7 Å². The number of ether oxygens (including phenoxy) is 2. The van der Waals surface area contributed by atoms with E-state index < -0.39 is 0 Å². The largest absolute Gasteiger partial charge is 0.486 e. The van der Waals surface area contributed by atoms with Crippen LogP contribution in [0.3, 0.4) is 0 Å². The van der Waals surface area contributed by atoms with Gasteiger partial charge in [-0.3, -0.25) is 0 Å². The van der Waals surface area contributed by atoms with Gasteiger partial charge in [0.15, 0.2) is 17.3 Å². The highest BCUT2D eigenvalue weighted by molar-refractivity contribution is 5.63. The molecule has 0 amide bonds. The second-order valence-corrected chi connectivity index (χ2v) is 5.41. The van der Waals surface area contributed by atoms with Crippen LogP contribution in [0.2, 0.25) is 0 Å². The minimum absolute atomic E-state index is 0.0400. The van der Waals surface area contributed by atoms with Crippen molar-refractivity contribution < 1.29 is 18.4 Å². The van der Waals surface area contributed by atoms with Crippen LogP contribution in [0.5, 0.6) is 11.5 Å². The van der Waals surface area contributed by atoms with Gasteiger partial charge in [0.05, 0.1) is 0 Å². The molecule has 1 saturated carbocycles. The lowest BCUT2D eigenvalue weighted by atomic mass is 10.2. The number of benzene rings is 1. The Bertz CT molecular complexity index is 731. The molecule has 2 aromatic rings. The summed E-state index contributed by atoms with van der Waals surface area (Å²) in [5.41, 5.74) is 1.49. The Kier molecular flexibility index (Phi) is 3.29. The fraction of sp³-hybridized carbons (Fsp3) is 0.375. The SMILES string of the molecule is FC(=C1CCCC1)c1nc(-c2ccc3c(c2)OCCO3)no1. The third-order valence-electron chi connectivity index (χ3n) is 3.93. The summed E-state index contributed by atoms with van der Waals surface area (Å²) in [7, 11) is 0. The van der Waals surface area contributed by atoms with E-state index in [0.717, 1.165) is 31.3 Å². The van der Waals surface area contributed by atoms with Gasteiger partial charge in [-0.05, 0) is 49.5 Å². The summed E-state index contributed by atoms with van der Waals surface area (Å²) in [6.45, 7) is 1.05. The Morgan fingerprint density at radius 1 is 1.05 bits per heavy atom. The van der Waals surface area contributed by atoms with Gasteiger partial charge >= 0.3 is 0 Å². The van der Waals surface area contributed by atoms with Gasteiger partial charge in [-0.25, -0.2) is 4.39 Å². The van der Waals surface area contributed by atoms with Crippen LogP contribution in [0.25, 0.3) is 17.2 Å². The summed E-state index contributed by atoms with van der Waals surface area (Å²) in [5.74, 6) is 1.28. The Morgan fingerprint density at radius 2 is 1.82 bits per heavy atom. The van der Waals surface area contributed by atoms with Crippen LogP contribution in [-0.2, 0) is 0 Å². The van der Waals surface area contributed by atoms with Gasteiger partial charge < -0.3 is 14.0 Å². The zero-order chi connectivity index (χ0) is 14.9. The van der Waals surface area contributed by atoms with Gasteiger partial charge in [0.25, 0.3) is 5.89 Å². The van der Waals surface area contributed by atoms with E-state index in [1.165, 1.54) is 0 Å². The van der Waals surface area contributed by atoms with Crippen LogP contribution in [0.4, 0.5) is 4.39 Å². The predicted molar refractivity (Wildman–Crippen MR) is 77.2 cm³/mol. The maximum Gasteiger partial charge on any atom is 0.286 e. The van der Waals surface area contributed by atoms with E-state index in [2.05, 4.69) is 10.1 Å². The molecule has 4 rings (SSSR count). The summed E-state index contributed by atoms with van der Waals surface area (Å²) in [5, 5.41) is 3.87. The molecule has 5 nitrogen and oxygen atoms in total. The number of hydrogen-bond acceptors (Lipinski definition) is 5. The molecule has 22 heavy (non-hydrogen) atoms. The minimum atomic E-state index is -0.367. The molecule has 0 saturated heterocycles. The zero-order valence-electron chi connectivity index (χ0n) is 12.0. The van der Waals surface area contributed by atoms with Crippen molar-refractivity contribution in [1.82, 2.24) is 10.1 Å². The average Bonchev–Trinajstić information content (AvgIpc) is 3.25. The molecule has 0 radical (unpaired) electrons. The quantitative estimate of drug-likeness (QED) is 0.845. The number of hydrogen-bond donors (Lipinski definition) is 0. The second-order valence-electron chi connectivity index (χ2n) is 5.41. The molecule has 6 heteroatoms. The Morgan fingerprint density at radius 3 is 2.64 bits per heavy atom. The fourth-order valence-corrected chi connectivity index (χ4v) is 2.78. The maximum atomic E-state index is 14.3. The normalized spacial score (nSPS) is 16.9. The van der Waals surface area contributed by atoms with Crippen molar-refractivity contribution in [2.75, 3.05) is 13.2 Å². The number of halogens is 1. The van der Waals surface area contributed by atoms with Crippen LogP contribution in [0.15, 0.2) is 28.3 Å². The first-order valence-corrected chi connectivity index (χ1v) is 7.43. The van der Waals surface area contributed by atoms with E-state index in [0.29, 0.717) is 36.1 Å². The van der Waals surface area contributed by atoms with Gasteiger partial charge in [-0.15, -0.1) is 0 Å². The molecule has 0 unspecified atom stereocenters. The van der Waals surface area contributed by atoms with Crippen molar-refractivity contribution in [2.24, 2.45) is 0 Å². The summed E-state index contributed by atoms with van der Waals surface area (Å²) >= 11 is 0. The Balaban J connectivity index is 1.65. The smallest absolute Gasteiger partial charge is 0.286 e. The van der Waals surface area contributed by atoms with Crippen molar-refractivity contribution in [2.45, 2.75) is 25.7 Å². The molecule has 0 N–H and O–H groups in total. The van der Waals surface area contributed by atoms with E-state index in [1.807, 2.05) is 6.07 Å². The van der Waals surface area contributed by atoms with Crippen molar-refractivity contribution in [1.29, 1.82) is 0 Å². The molecule has 1 aliphatic heterocycles. The number of nitrogens with zero attached hydrogens (tertiary/aromatic N) is 2. The molecular weight excluding hydrogens is 287 g/mol. The summed E-state index contributed by atoms with van der Waals surface area (Å²) < 4.78 is 30.3. The number of fused-ring (bicyclic) bond motifs is 1.